The molecule has 2 atom stereocenters. The van der Waals surface area contributed by atoms with Gasteiger partial charge in [-0.25, -0.2) is 14.4 Å². The molecule has 1 aliphatic heterocycles. The summed E-state index contributed by atoms with van der Waals surface area (Å²) in [5.74, 6) is 0.379. The van der Waals surface area contributed by atoms with Gasteiger partial charge in [0.25, 0.3) is 0 Å². The topological polar surface area (TPSA) is 75.3 Å². The fourth-order valence-corrected chi connectivity index (χ4v) is 2.83. The second-order valence-electron chi connectivity index (χ2n) is 5.01. The van der Waals surface area contributed by atoms with Crippen LogP contribution in [0.3, 0.4) is 0 Å². The summed E-state index contributed by atoms with van der Waals surface area (Å²) < 4.78 is 13.1. The number of aromatic nitrogens is 2. The molecule has 1 saturated heterocycles. The standard InChI is InChI=1S/C14H14ClFN4O/c15-12-13(17)18-7-19-14(12)20-6-10(21)5-11(20)8-1-3-9(16)4-2-8/h1-4,7,10-11,21H,5-6H2,(H2,17,18,19). The molecule has 2 unspecified atom stereocenters. The highest BCUT2D eigenvalue weighted by Gasteiger charge is 2.34. The van der Waals surface area contributed by atoms with Crippen LogP contribution in [0.25, 0.3) is 0 Å². The van der Waals surface area contributed by atoms with Gasteiger partial charge >= 0.3 is 0 Å². The maximum absolute atomic E-state index is 13.1. The zero-order chi connectivity index (χ0) is 15.0. The van der Waals surface area contributed by atoms with E-state index >= 15 is 0 Å². The lowest BCUT2D eigenvalue weighted by Crippen LogP contribution is -2.26. The van der Waals surface area contributed by atoms with E-state index in [1.54, 1.807) is 12.1 Å². The Labute approximate surface area is 126 Å². The van der Waals surface area contributed by atoms with E-state index in [-0.39, 0.29) is 22.7 Å². The minimum Gasteiger partial charge on any atom is -0.391 e. The third-order valence-electron chi connectivity index (χ3n) is 3.60. The van der Waals surface area contributed by atoms with Gasteiger partial charge in [0.05, 0.1) is 12.1 Å². The fraction of sp³-hybridized carbons (Fsp3) is 0.286. The van der Waals surface area contributed by atoms with Crippen LogP contribution in [0.1, 0.15) is 18.0 Å². The second-order valence-corrected chi connectivity index (χ2v) is 5.38. The summed E-state index contributed by atoms with van der Waals surface area (Å²) in [7, 11) is 0. The molecule has 0 bridgehead atoms. The Balaban J connectivity index is 1.99. The van der Waals surface area contributed by atoms with Crippen molar-refractivity contribution in [2.45, 2.75) is 18.6 Å². The Bertz CT molecular complexity index is 652. The molecule has 1 aromatic carbocycles. The quantitative estimate of drug-likeness (QED) is 0.889. The Kier molecular flexibility index (Phi) is 3.65. The summed E-state index contributed by atoms with van der Waals surface area (Å²) in [5.41, 5.74) is 6.60. The Morgan fingerprint density at radius 2 is 2.00 bits per heavy atom. The minimum absolute atomic E-state index is 0.132. The molecule has 5 nitrogen and oxygen atoms in total. The normalized spacial score (nSPS) is 21.8. The van der Waals surface area contributed by atoms with Gasteiger partial charge in [-0.1, -0.05) is 23.7 Å². The van der Waals surface area contributed by atoms with Crippen molar-refractivity contribution < 1.29 is 9.50 Å². The highest BCUT2D eigenvalue weighted by atomic mass is 35.5. The number of nitrogens with zero attached hydrogens (tertiary/aromatic N) is 3. The average molecular weight is 309 g/mol. The van der Waals surface area contributed by atoms with E-state index in [1.165, 1.54) is 18.5 Å². The van der Waals surface area contributed by atoms with E-state index in [2.05, 4.69) is 9.97 Å². The first kappa shape index (κ1) is 14.0. The number of benzene rings is 1. The molecule has 0 spiro atoms. The largest absolute Gasteiger partial charge is 0.391 e. The van der Waals surface area contributed by atoms with Crippen molar-refractivity contribution in [2.75, 3.05) is 17.2 Å². The van der Waals surface area contributed by atoms with Crippen LogP contribution in [0.2, 0.25) is 5.02 Å². The van der Waals surface area contributed by atoms with Crippen LogP contribution < -0.4 is 10.6 Å². The molecule has 3 rings (SSSR count). The van der Waals surface area contributed by atoms with Crippen molar-refractivity contribution in [3.8, 4) is 0 Å². The number of rotatable bonds is 2. The molecule has 21 heavy (non-hydrogen) atoms. The Hall–Kier alpha value is -1.92. The SMILES string of the molecule is Nc1ncnc(N2CC(O)CC2c2ccc(F)cc2)c1Cl. The first-order valence-electron chi connectivity index (χ1n) is 6.52. The van der Waals surface area contributed by atoms with Crippen LogP contribution >= 0.6 is 11.6 Å². The van der Waals surface area contributed by atoms with Gasteiger partial charge in [-0.15, -0.1) is 0 Å². The first-order valence-corrected chi connectivity index (χ1v) is 6.90. The predicted octanol–water partition coefficient (Wildman–Crippen LogP) is 2.16. The van der Waals surface area contributed by atoms with E-state index in [0.717, 1.165) is 5.56 Å². The summed E-state index contributed by atoms with van der Waals surface area (Å²) in [6.45, 7) is 0.387. The molecule has 0 aliphatic carbocycles. The van der Waals surface area contributed by atoms with E-state index in [4.69, 9.17) is 17.3 Å². The van der Waals surface area contributed by atoms with Gasteiger partial charge in [0.15, 0.2) is 5.82 Å². The van der Waals surface area contributed by atoms with Gasteiger partial charge in [-0.3, -0.25) is 0 Å². The van der Waals surface area contributed by atoms with Crippen molar-refractivity contribution in [1.82, 2.24) is 9.97 Å². The average Bonchev–Trinajstić information content (AvgIpc) is 2.84. The van der Waals surface area contributed by atoms with Crippen molar-refractivity contribution >= 4 is 23.2 Å². The number of nitrogen functional groups attached to an aromatic ring is 1. The van der Waals surface area contributed by atoms with Crippen LogP contribution in [0, 0.1) is 5.82 Å². The summed E-state index contributed by atoms with van der Waals surface area (Å²) in [4.78, 5) is 9.87. The van der Waals surface area contributed by atoms with Crippen LogP contribution in [0.4, 0.5) is 16.0 Å². The van der Waals surface area contributed by atoms with Crippen LogP contribution in [-0.2, 0) is 0 Å². The summed E-state index contributed by atoms with van der Waals surface area (Å²) in [5, 5.41) is 10.2. The molecule has 0 saturated carbocycles. The van der Waals surface area contributed by atoms with E-state index in [1.807, 2.05) is 4.90 Å². The number of hydrogen-bond donors (Lipinski definition) is 2. The van der Waals surface area contributed by atoms with Crippen LogP contribution in [0.5, 0.6) is 0 Å². The molecule has 1 aliphatic rings. The molecular weight excluding hydrogens is 295 g/mol. The third kappa shape index (κ3) is 2.64. The summed E-state index contributed by atoms with van der Waals surface area (Å²) >= 11 is 6.17. The van der Waals surface area contributed by atoms with Crippen molar-refractivity contribution in [3.05, 3.63) is 47.0 Å². The van der Waals surface area contributed by atoms with E-state index < -0.39 is 6.10 Å². The molecule has 3 N–H and O–H groups in total. The number of hydrogen-bond acceptors (Lipinski definition) is 5. The molecule has 7 heteroatoms. The van der Waals surface area contributed by atoms with Gasteiger partial charge in [0.2, 0.25) is 0 Å². The number of aliphatic hydroxyl groups is 1. The number of nitrogens with two attached hydrogens (primary N) is 1. The smallest absolute Gasteiger partial charge is 0.153 e. The lowest BCUT2D eigenvalue weighted by Gasteiger charge is -2.26. The lowest BCUT2D eigenvalue weighted by molar-refractivity contribution is 0.194. The molecule has 2 heterocycles. The monoisotopic (exact) mass is 308 g/mol. The van der Waals surface area contributed by atoms with Gasteiger partial charge in [-0.2, -0.15) is 0 Å². The Morgan fingerprint density at radius 1 is 1.29 bits per heavy atom. The van der Waals surface area contributed by atoms with E-state index in [0.29, 0.717) is 18.8 Å². The Morgan fingerprint density at radius 3 is 2.71 bits per heavy atom. The number of halogens is 2. The number of β-amino-alcohol motifs (C(OH)–C–C–N with tert-alkyl or cyclic N) is 1. The van der Waals surface area contributed by atoms with E-state index in [9.17, 15) is 9.50 Å². The lowest BCUT2D eigenvalue weighted by atomic mass is 10.0. The predicted molar refractivity (Wildman–Crippen MR) is 78.6 cm³/mol. The fourth-order valence-electron chi connectivity index (χ4n) is 2.62. The zero-order valence-electron chi connectivity index (χ0n) is 11.1. The van der Waals surface area contributed by atoms with Crippen LogP contribution in [0.15, 0.2) is 30.6 Å². The third-order valence-corrected chi connectivity index (χ3v) is 3.97. The maximum Gasteiger partial charge on any atom is 0.153 e. The highest BCUT2D eigenvalue weighted by Crippen LogP contribution is 2.39. The van der Waals surface area contributed by atoms with Gasteiger partial charge in [-0.05, 0) is 24.1 Å². The first-order chi connectivity index (χ1) is 10.1. The summed E-state index contributed by atoms with van der Waals surface area (Å²) in [6.07, 6.45) is 1.35. The summed E-state index contributed by atoms with van der Waals surface area (Å²) in [6, 6.07) is 6.06. The molecule has 0 radical (unpaired) electrons. The van der Waals surface area contributed by atoms with Gasteiger partial charge in [0.1, 0.15) is 23.0 Å². The molecule has 110 valence electrons. The van der Waals surface area contributed by atoms with Gasteiger partial charge in [0, 0.05) is 6.54 Å². The molecule has 1 aromatic heterocycles. The second kappa shape index (κ2) is 5.46. The molecule has 1 fully saturated rings. The minimum atomic E-state index is -0.507. The van der Waals surface area contributed by atoms with Crippen LogP contribution in [-0.4, -0.2) is 27.7 Å². The van der Waals surface area contributed by atoms with Crippen molar-refractivity contribution in [2.24, 2.45) is 0 Å². The van der Waals surface area contributed by atoms with Gasteiger partial charge < -0.3 is 15.7 Å². The molecule has 2 aromatic rings. The highest BCUT2D eigenvalue weighted by molar-refractivity contribution is 6.35. The van der Waals surface area contributed by atoms with Crippen molar-refractivity contribution in [1.29, 1.82) is 0 Å². The molecular formula is C14H14ClFN4O. The zero-order valence-corrected chi connectivity index (χ0v) is 11.8. The molecule has 0 amide bonds. The number of aliphatic hydroxyl groups excluding tert-OH is 1. The maximum atomic E-state index is 13.1. The van der Waals surface area contributed by atoms with Crippen molar-refractivity contribution in [3.63, 3.8) is 0 Å². The number of anilines is 2.